The first-order valence-electron chi connectivity index (χ1n) is 6.54. The Morgan fingerprint density at radius 1 is 1.39 bits per heavy atom. The van der Waals surface area contributed by atoms with Gasteiger partial charge in [-0.1, -0.05) is 13.8 Å². The van der Waals surface area contributed by atoms with E-state index in [1.54, 1.807) is 12.0 Å². The lowest BCUT2D eigenvalue weighted by molar-refractivity contribution is -0.136. The van der Waals surface area contributed by atoms with Gasteiger partial charge in [-0.25, -0.2) is 0 Å². The van der Waals surface area contributed by atoms with Gasteiger partial charge in [-0.05, 0) is 19.3 Å². The summed E-state index contributed by atoms with van der Waals surface area (Å²) in [6.45, 7) is 7.02. The van der Waals surface area contributed by atoms with Crippen molar-refractivity contribution < 1.29 is 14.3 Å². The molecule has 5 heteroatoms. The van der Waals surface area contributed by atoms with Crippen molar-refractivity contribution in [1.82, 2.24) is 10.2 Å². The third kappa shape index (κ3) is 3.98. The Morgan fingerprint density at radius 3 is 2.61 bits per heavy atom. The van der Waals surface area contributed by atoms with Gasteiger partial charge in [0.25, 0.3) is 0 Å². The fraction of sp³-hybridized carbons (Fsp3) is 0.846. The molecule has 0 saturated carbocycles. The van der Waals surface area contributed by atoms with E-state index in [9.17, 15) is 9.59 Å². The zero-order valence-electron chi connectivity index (χ0n) is 11.7. The van der Waals surface area contributed by atoms with E-state index in [4.69, 9.17) is 4.74 Å². The molecule has 1 aliphatic rings. The van der Waals surface area contributed by atoms with E-state index >= 15 is 0 Å². The quantitative estimate of drug-likeness (QED) is 0.791. The second-order valence-corrected chi connectivity index (χ2v) is 5.34. The summed E-state index contributed by atoms with van der Waals surface area (Å²) in [5.74, 6) is 0.345. The molecule has 0 aromatic carbocycles. The van der Waals surface area contributed by atoms with Gasteiger partial charge in [-0.3, -0.25) is 9.59 Å². The average Bonchev–Trinajstić information content (AvgIpc) is 2.39. The summed E-state index contributed by atoms with van der Waals surface area (Å²) >= 11 is 0. The van der Waals surface area contributed by atoms with Crippen LogP contribution in [0.5, 0.6) is 0 Å². The molecular formula is C13H24N2O3. The summed E-state index contributed by atoms with van der Waals surface area (Å²) in [6, 6.07) is -0.385. The number of carbonyl (C=O) groups excluding carboxylic acids is 2. The number of ether oxygens (including phenoxy) is 1. The number of nitrogens with one attached hydrogen (secondary N) is 1. The molecule has 2 atom stereocenters. The van der Waals surface area contributed by atoms with E-state index in [1.165, 1.54) is 0 Å². The first-order chi connectivity index (χ1) is 8.45. The highest BCUT2D eigenvalue weighted by Crippen LogP contribution is 2.14. The highest BCUT2D eigenvalue weighted by atomic mass is 16.5. The number of amides is 2. The SMILES string of the molecule is COCC(C)N1CCC(=O)NC(CC(C)C)C1=O. The monoisotopic (exact) mass is 256 g/mol. The Balaban J connectivity index is 2.78. The van der Waals surface area contributed by atoms with Gasteiger partial charge < -0.3 is 15.0 Å². The van der Waals surface area contributed by atoms with E-state index in [-0.39, 0.29) is 23.9 Å². The van der Waals surface area contributed by atoms with Crippen molar-refractivity contribution >= 4 is 11.8 Å². The van der Waals surface area contributed by atoms with Gasteiger partial charge in [0.1, 0.15) is 6.04 Å². The second-order valence-electron chi connectivity index (χ2n) is 5.34. The molecule has 0 spiro atoms. The van der Waals surface area contributed by atoms with Crippen LogP contribution in [-0.2, 0) is 14.3 Å². The van der Waals surface area contributed by atoms with Crippen LogP contribution in [0.3, 0.4) is 0 Å². The van der Waals surface area contributed by atoms with Crippen molar-refractivity contribution in [2.75, 3.05) is 20.3 Å². The first kappa shape index (κ1) is 15.0. The maximum Gasteiger partial charge on any atom is 0.245 e. The summed E-state index contributed by atoms with van der Waals surface area (Å²) in [7, 11) is 1.62. The lowest BCUT2D eigenvalue weighted by Crippen LogP contribution is -2.49. The maximum atomic E-state index is 12.4. The van der Waals surface area contributed by atoms with Crippen molar-refractivity contribution in [3.8, 4) is 0 Å². The van der Waals surface area contributed by atoms with Crippen molar-refractivity contribution in [2.24, 2.45) is 5.92 Å². The van der Waals surface area contributed by atoms with Gasteiger partial charge in [0.15, 0.2) is 0 Å². The molecule has 104 valence electrons. The Hall–Kier alpha value is -1.10. The molecule has 1 rings (SSSR count). The van der Waals surface area contributed by atoms with Crippen LogP contribution in [0.15, 0.2) is 0 Å². The number of nitrogens with zero attached hydrogens (tertiary/aromatic N) is 1. The van der Waals surface area contributed by atoms with Gasteiger partial charge in [-0.2, -0.15) is 0 Å². The zero-order valence-corrected chi connectivity index (χ0v) is 11.7. The summed E-state index contributed by atoms with van der Waals surface area (Å²) in [5.41, 5.74) is 0. The Labute approximate surface area is 109 Å². The number of hydrogen-bond acceptors (Lipinski definition) is 3. The molecule has 1 heterocycles. The van der Waals surface area contributed by atoms with Crippen LogP contribution in [0.4, 0.5) is 0 Å². The normalized spacial score (nSPS) is 22.9. The van der Waals surface area contributed by atoms with Crippen molar-refractivity contribution in [1.29, 1.82) is 0 Å². The number of rotatable bonds is 5. The molecule has 1 fully saturated rings. The minimum atomic E-state index is -0.390. The maximum absolute atomic E-state index is 12.4. The fourth-order valence-corrected chi connectivity index (χ4v) is 2.26. The predicted molar refractivity (Wildman–Crippen MR) is 69.1 cm³/mol. The van der Waals surface area contributed by atoms with E-state index in [0.717, 1.165) is 0 Å². The molecule has 5 nitrogen and oxygen atoms in total. The predicted octanol–water partition coefficient (Wildman–Crippen LogP) is 0.785. The minimum absolute atomic E-state index is 0.00450. The zero-order chi connectivity index (χ0) is 13.7. The molecule has 0 aliphatic carbocycles. The molecule has 1 aliphatic heterocycles. The van der Waals surface area contributed by atoms with Crippen LogP contribution in [0.2, 0.25) is 0 Å². The largest absolute Gasteiger partial charge is 0.383 e. The molecular weight excluding hydrogens is 232 g/mol. The highest BCUT2D eigenvalue weighted by Gasteiger charge is 2.32. The Morgan fingerprint density at radius 2 is 2.06 bits per heavy atom. The van der Waals surface area contributed by atoms with Gasteiger partial charge in [0.2, 0.25) is 11.8 Å². The van der Waals surface area contributed by atoms with E-state index < -0.39 is 0 Å². The van der Waals surface area contributed by atoms with E-state index in [0.29, 0.717) is 31.9 Å². The van der Waals surface area contributed by atoms with Crippen molar-refractivity contribution in [3.63, 3.8) is 0 Å². The summed E-state index contributed by atoms with van der Waals surface area (Å²) in [5, 5.41) is 2.82. The van der Waals surface area contributed by atoms with Gasteiger partial charge >= 0.3 is 0 Å². The number of hydrogen-bond donors (Lipinski definition) is 1. The molecule has 1 N–H and O–H groups in total. The number of carbonyl (C=O) groups is 2. The Kier molecular flexibility index (Phi) is 5.59. The standard InChI is InChI=1S/C13H24N2O3/c1-9(2)7-11-13(17)15(10(3)8-18-4)6-5-12(16)14-11/h9-11H,5-8H2,1-4H3,(H,14,16). The molecule has 18 heavy (non-hydrogen) atoms. The van der Waals surface area contributed by atoms with E-state index in [1.807, 2.05) is 20.8 Å². The number of methoxy groups -OCH3 is 1. The third-order valence-corrected chi connectivity index (χ3v) is 3.14. The van der Waals surface area contributed by atoms with E-state index in [2.05, 4.69) is 5.32 Å². The third-order valence-electron chi connectivity index (χ3n) is 3.14. The second kappa shape index (κ2) is 6.73. The topological polar surface area (TPSA) is 58.6 Å². The smallest absolute Gasteiger partial charge is 0.245 e. The van der Waals surface area contributed by atoms with Crippen LogP contribution in [0.25, 0.3) is 0 Å². The van der Waals surface area contributed by atoms with Crippen LogP contribution in [-0.4, -0.2) is 49.1 Å². The molecule has 0 radical (unpaired) electrons. The van der Waals surface area contributed by atoms with Gasteiger partial charge in [-0.15, -0.1) is 0 Å². The Bertz CT molecular complexity index is 305. The molecule has 0 bridgehead atoms. The van der Waals surface area contributed by atoms with Crippen LogP contribution in [0, 0.1) is 5.92 Å². The molecule has 2 unspecified atom stereocenters. The van der Waals surface area contributed by atoms with Crippen molar-refractivity contribution in [2.45, 2.75) is 45.7 Å². The summed E-state index contributed by atoms with van der Waals surface area (Å²) < 4.78 is 5.09. The highest BCUT2D eigenvalue weighted by molar-refractivity contribution is 5.90. The molecule has 1 saturated heterocycles. The molecule has 2 amide bonds. The minimum Gasteiger partial charge on any atom is -0.383 e. The lowest BCUT2D eigenvalue weighted by atomic mass is 10.0. The average molecular weight is 256 g/mol. The summed E-state index contributed by atoms with van der Waals surface area (Å²) in [6.07, 6.45) is 1.05. The summed E-state index contributed by atoms with van der Waals surface area (Å²) in [4.78, 5) is 25.8. The first-order valence-corrected chi connectivity index (χ1v) is 6.54. The van der Waals surface area contributed by atoms with Gasteiger partial charge in [0, 0.05) is 20.1 Å². The fourth-order valence-electron chi connectivity index (χ4n) is 2.26. The van der Waals surface area contributed by atoms with Crippen molar-refractivity contribution in [3.05, 3.63) is 0 Å². The van der Waals surface area contributed by atoms with Gasteiger partial charge in [0.05, 0.1) is 12.6 Å². The van der Waals surface area contributed by atoms with Crippen LogP contribution < -0.4 is 5.32 Å². The molecule has 0 aromatic heterocycles. The van der Waals surface area contributed by atoms with Crippen LogP contribution in [0.1, 0.15) is 33.6 Å². The molecule has 0 aromatic rings. The van der Waals surface area contributed by atoms with Crippen LogP contribution >= 0.6 is 0 Å². The lowest BCUT2D eigenvalue weighted by Gasteiger charge is -2.30.